The van der Waals surface area contributed by atoms with E-state index in [4.69, 9.17) is 0 Å². The van der Waals surface area contributed by atoms with Gasteiger partial charge < -0.3 is 0 Å². The van der Waals surface area contributed by atoms with Crippen molar-refractivity contribution in [1.29, 1.82) is 0 Å². The molecule has 0 bridgehead atoms. The predicted molar refractivity (Wildman–Crippen MR) is 0 cm³/mol. The first-order valence-corrected chi connectivity index (χ1v) is 0. The molecule has 0 spiro atoms. The first kappa shape index (κ1) is 33.8. The van der Waals surface area contributed by atoms with Crippen LogP contribution in [0.5, 0.6) is 0 Å². The predicted octanol–water partition coefficient (Wildman–Crippen LogP) is -0.0100. The third-order valence-corrected chi connectivity index (χ3v) is 0. The third-order valence-electron chi connectivity index (χ3n) is 0. The summed E-state index contributed by atoms with van der Waals surface area (Å²) in [6, 6.07) is 0. The second-order valence-corrected chi connectivity index (χ2v) is 0. The van der Waals surface area contributed by atoms with Crippen molar-refractivity contribution >= 4 is 0 Å². The van der Waals surface area contributed by atoms with Crippen molar-refractivity contribution in [2.24, 2.45) is 0 Å². The summed E-state index contributed by atoms with van der Waals surface area (Å²) < 4.78 is 0. The topological polar surface area (TPSA) is 0 Å². The van der Waals surface area contributed by atoms with E-state index >= 15 is 0 Å². The second-order valence-electron chi connectivity index (χ2n) is 0. The standard InChI is InChI=1S/Ag.Cu.Mn.Ni. The summed E-state index contributed by atoms with van der Waals surface area (Å²) in [5.74, 6) is 0. The van der Waals surface area contributed by atoms with Crippen LogP contribution in [0, 0.1) is 0 Å². The molecule has 0 N–H and O–H groups in total. The molecule has 0 atom stereocenters. The summed E-state index contributed by atoms with van der Waals surface area (Å²) in [6.07, 6.45) is 0. The van der Waals surface area contributed by atoms with Crippen LogP contribution >= 0.6 is 0 Å². The summed E-state index contributed by atoms with van der Waals surface area (Å²) in [7, 11) is 0. The first-order valence-electron chi connectivity index (χ1n) is 0. The van der Waals surface area contributed by atoms with E-state index in [1.165, 1.54) is 0 Å². The van der Waals surface area contributed by atoms with Crippen molar-refractivity contribution in [1.82, 2.24) is 0 Å². The largest absolute Gasteiger partial charge is 0 e. The fraction of sp³-hybridized carbons (Fsp3) is 0. The van der Waals surface area contributed by atoms with Crippen molar-refractivity contribution in [3.8, 4) is 0 Å². The molecule has 0 aliphatic heterocycles. The van der Waals surface area contributed by atoms with Crippen LogP contribution in [0.1, 0.15) is 0 Å². The molecule has 4 heteroatoms. The van der Waals surface area contributed by atoms with Gasteiger partial charge in [0, 0.05) is 73.0 Å². The van der Waals surface area contributed by atoms with Gasteiger partial charge in [0.2, 0.25) is 0 Å². The van der Waals surface area contributed by atoms with Crippen molar-refractivity contribution in [3.63, 3.8) is 0 Å². The minimum atomic E-state index is 0. The smallest absolute Gasteiger partial charge is 0 e. The van der Waals surface area contributed by atoms with E-state index in [-0.39, 0.29) is 73.0 Å². The molecule has 3 radical (unpaired) electrons. The monoisotopic (exact) mass is 283 g/mol. The zero-order chi connectivity index (χ0) is 0. The average molecular weight is 285 g/mol. The minimum absolute atomic E-state index is 0. The number of rotatable bonds is 0. The summed E-state index contributed by atoms with van der Waals surface area (Å²) in [5, 5.41) is 0. The van der Waals surface area contributed by atoms with E-state index in [0.717, 1.165) is 0 Å². The molecule has 4 heavy (non-hydrogen) atoms. The quantitative estimate of drug-likeness (QED) is 0.549. The molecular formula is AgCuMnNi. The Labute approximate surface area is 72.2 Å². The molecule has 0 rings (SSSR count). The molecule has 0 fully saturated rings. The van der Waals surface area contributed by atoms with Crippen LogP contribution in [0.3, 0.4) is 0 Å². The van der Waals surface area contributed by atoms with Crippen LogP contribution in [0.2, 0.25) is 0 Å². The summed E-state index contributed by atoms with van der Waals surface area (Å²) in [5.41, 5.74) is 0. The molecule has 0 heterocycles. The Morgan fingerprint density at radius 1 is 1.00 bits per heavy atom. The van der Waals surface area contributed by atoms with E-state index in [1.807, 2.05) is 0 Å². The molecule has 0 saturated carbocycles. The van der Waals surface area contributed by atoms with E-state index in [9.17, 15) is 0 Å². The van der Waals surface area contributed by atoms with Crippen molar-refractivity contribution < 1.29 is 73.0 Å². The molecule has 0 aliphatic rings. The summed E-state index contributed by atoms with van der Waals surface area (Å²) >= 11 is 0. The second kappa shape index (κ2) is 18.6. The maximum Gasteiger partial charge on any atom is 0 e. The summed E-state index contributed by atoms with van der Waals surface area (Å²) in [4.78, 5) is 0. The average Bonchev–Trinajstić information content (AvgIpc) is 0. The number of hydrogen-bond donors (Lipinski definition) is 0. The fourth-order valence-corrected chi connectivity index (χ4v) is 0. The van der Waals surface area contributed by atoms with Gasteiger partial charge in [-0.25, -0.2) is 0 Å². The molecule has 0 saturated heterocycles. The van der Waals surface area contributed by atoms with Crippen LogP contribution in [0.15, 0.2) is 0 Å². The van der Waals surface area contributed by atoms with E-state index in [1.54, 1.807) is 0 Å². The number of hydrogen-bond acceptors (Lipinski definition) is 0. The van der Waals surface area contributed by atoms with Gasteiger partial charge >= 0.3 is 0 Å². The van der Waals surface area contributed by atoms with Gasteiger partial charge in [-0.05, 0) is 0 Å². The van der Waals surface area contributed by atoms with E-state index in [0.29, 0.717) is 0 Å². The third kappa shape index (κ3) is 8.86. The van der Waals surface area contributed by atoms with Crippen LogP contribution in [-0.4, -0.2) is 0 Å². The van der Waals surface area contributed by atoms with Gasteiger partial charge in [0.15, 0.2) is 0 Å². The molecule has 0 unspecified atom stereocenters. The van der Waals surface area contributed by atoms with Gasteiger partial charge in [0.05, 0.1) is 0 Å². The van der Waals surface area contributed by atoms with Crippen LogP contribution < -0.4 is 0 Å². The first-order chi connectivity index (χ1) is 0. The normalized spacial score (nSPS) is 0. The van der Waals surface area contributed by atoms with Crippen LogP contribution in [-0.2, 0) is 73.0 Å². The van der Waals surface area contributed by atoms with Crippen molar-refractivity contribution in [3.05, 3.63) is 0 Å². The van der Waals surface area contributed by atoms with Gasteiger partial charge in [-0.3, -0.25) is 0 Å². The zero-order valence-corrected chi connectivity index (χ0v) is 5.89. The zero-order valence-electron chi connectivity index (χ0n) is 1.30. The van der Waals surface area contributed by atoms with Crippen LogP contribution in [0.25, 0.3) is 0 Å². The maximum atomic E-state index is 0. The molecule has 0 aromatic heterocycles. The fourth-order valence-electron chi connectivity index (χ4n) is 0. The molecule has 39 valence electrons. The SMILES string of the molecule is [Ag].[Cu].[Mn].[Ni]. The van der Waals surface area contributed by atoms with Gasteiger partial charge in [0.1, 0.15) is 0 Å². The Balaban J connectivity index is 0. The molecule has 0 aromatic rings. The molecular weight excluding hydrogens is 285 g/mol. The van der Waals surface area contributed by atoms with E-state index in [2.05, 4.69) is 0 Å². The van der Waals surface area contributed by atoms with Gasteiger partial charge in [-0.1, -0.05) is 0 Å². The Kier molecular flexibility index (Phi) is 157. The Bertz CT molecular complexity index is 8.00. The molecule has 0 aromatic carbocycles. The van der Waals surface area contributed by atoms with Crippen LogP contribution in [0.4, 0.5) is 0 Å². The van der Waals surface area contributed by atoms with E-state index < -0.39 is 0 Å². The van der Waals surface area contributed by atoms with Gasteiger partial charge in [-0.2, -0.15) is 0 Å². The Hall–Kier alpha value is 2.27. The molecule has 0 amide bonds. The van der Waals surface area contributed by atoms with Gasteiger partial charge in [-0.15, -0.1) is 0 Å². The molecule has 0 nitrogen and oxygen atoms in total. The minimum Gasteiger partial charge on any atom is 0 e. The van der Waals surface area contributed by atoms with Crippen molar-refractivity contribution in [2.75, 3.05) is 0 Å². The molecule has 0 aliphatic carbocycles. The van der Waals surface area contributed by atoms with Gasteiger partial charge in [0.25, 0.3) is 0 Å². The Morgan fingerprint density at radius 3 is 1.00 bits per heavy atom. The Morgan fingerprint density at radius 2 is 1.00 bits per heavy atom. The maximum absolute atomic E-state index is 0. The van der Waals surface area contributed by atoms with Crippen molar-refractivity contribution in [2.45, 2.75) is 0 Å². The summed E-state index contributed by atoms with van der Waals surface area (Å²) in [6.45, 7) is 0.